The molecule has 0 fully saturated rings. The van der Waals surface area contributed by atoms with E-state index >= 15 is 0 Å². The summed E-state index contributed by atoms with van der Waals surface area (Å²) >= 11 is 0. The predicted octanol–water partition coefficient (Wildman–Crippen LogP) is 4.70. The van der Waals surface area contributed by atoms with E-state index in [-0.39, 0.29) is 11.4 Å². The predicted molar refractivity (Wildman–Crippen MR) is 97.9 cm³/mol. The number of aromatic amines is 1. The van der Waals surface area contributed by atoms with Gasteiger partial charge >= 0.3 is 0 Å². The van der Waals surface area contributed by atoms with Crippen LogP contribution in [0.3, 0.4) is 0 Å². The van der Waals surface area contributed by atoms with Gasteiger partial charge in [-0.2, -0.15) is 0 Å². The third-order valence-corrected chi connectivity index (χ3v) is 4.27. The highest BCUT2D eigenvalue weighted by Crippen LogP contribution is 2.26. The second-order valence-electron chi connectivity index (χ2n) is 5.97. The van der Waals surface area contributed by atoms with Crippen LogP contribution in [0, 0.1) is 12.7 Å². The molecule has 0 unspecified atom stereocenters. The molecule has 3 aromatic carbocycles. The van der Waals surface area contributed by atoms with E-state index in [1.807, 2.05) is 49.4 Å². The zero-order valence-electron chi connectivity index (χ0n) is 13.6. The largest absolute Gasteiger partial charge is 0.306 e. The Morgan fingerprint density at radius 3 is 2.40 bits per heavy atom. The molecule has 1 aromatic heterocycles. The van der Waals surface area contributed by atoms with Gasteiger partial charge in [-0.05, 0) is 47.9 Å². The van der Waals surface area contributed by atoms with Gasteiger partial charge in [0.1, 0.15) is 11.6 Å². The first-order valence-corrected chi connectivity index (χ1v) is 7.98. The summed E-state index contributed by atoms with van der Waals surface area (Å²) in [5.41, 5.74) is 4.19. The van der Waals surface area contributed by atoms with Gasteiger partial charge in [0.05, 0.1) is 10.9 Å². The zero-order chi connectivity index (χ0) is 17.4. The molecule has 4 heteroatoms. The first kappa shape index (κ1) is 15.3. The summed E-state index contributed by atoms with van der Waals surface area (Å²) in [5, 5.41) is 0.574. The number of aromatic nitrogens is 2. The Morgan fingerprint density at radius 2 is 1.64 bits per heavy atom. The van der Waals surface area contributed by atoms with Crippen molar-refractivity contribution >= 4 is 10.9 Å². The summed E-state index contributed by atoms with van der Waals surface area (Å²) in [6.45, 7) is 1.88. The van der Waals surface area contributed by atoms with Crippen LogP contribution in [0.1, 0.15) is 5.56 Å². The van der Waals surface area contributed by atoms with Gasteiger partial charge in [0.15, 0.2) is 0 Å². The summed E-state index contributed by atoms with van der Waals surface area (Å²) < 4.78 is 13.3. The molecule has 0 saturated carbocycles. The van der Waals surface area contributed by atoms with E-state index in [1.54, 1.807) is 12.1 Å². The molecular formula is C21H15FN2O. The van der Waals surface area contributed by atoms with Gasteiger partial charge in [-0.1, -0.05) is 42.5 Å². The van der Waals surface area contributed by atoms with E-state index in [9.17, 15) is 9.18 Å². The van der Waals surface area contributed by atoms with Gasteiger partial charge in [0.2, 0.25) is 0 Å². The maximum atomic E-state index is 13.3. The lowest BCUT2D eigenvalue weighted by molar-refractivity contribution is 0.627. The highest BCUT2D eigenvalue weighted by atomic mass is 19.1. The fourth-order valence-electron chi connectivity index (χ4n) is 2.98. The van der Waals surface area contributed by atoms with Crippen molar-refractivity contribution in [1.82, 2.24) is 9.97 Å². The Bertz CT molecular complexity index is 1130. The monoisotopic (exact) mass is 330 g/mol. The number of nitrogens with zero attached hydrogens (tertiary/aromatic N) is 1. The molecule has 0 aliphatic carbocycles. The van der Waals surface area contributed by atoms with Gasteiger partial charge in [0, 0.05) is 5.56 Å². The van der Waals surface area contributed by atoms with Crippen molar-refractivity contribution in [2.45, 2.75) is 6.92 Å². The highest BCUT2D eigenvalue weighted by molar-refractivity contribution is 5.79. The molecule has 1 N–H and O–H groups in total. The molecule has 0 aliphatic heterocycles. The van der Waals surface area contributed by atoms with Crippen LogP contribution in [-0.4, -0.2) is 9.97 Å². The van der Waals surface area contributed by atoms with Crippen LogP contribution in [-0.2, 0) is 0 Å². The molecule has 25 heavy (non-hydrogen) atoms. The topological polar surface area (TPSA) is 45.8 Å². The molecule has 0 amide bonds. The summed E-state index contributed by atoms with van der Waals surface area (Å²) in [5.74, 6) is 0.293. The molecule has 4 rings (SSSR count). The third kappa shape index (κ3) is 2.83. The second kappa shape index (κ2) is 5.98. The summed E-state index contributed by atoms with van der Waals surface area (Å²) in [6, 6.07) is 19.7. The van der Waals surface area contributed by atoms with Crippen molar-refractivity contribution in [2.75, 3.05) is 0 Å². The molecule has 3 nitrogen and oxygen atoms in total. The molecule has 0 radical (unpaired) electrons. The molecular weight excluding hydrogens is 315 g/mol. The van der Waals surface area contributed by atoms with E-state index < -0.39 is 0 Å². The highest BCUT2D eigenvalue weighted by Gasteiger charge is 2.07. The molecule has 0 atom stereocenters. The van der Waals surface area contributed by atoms with Crippen molar-refractivity contribution in [3.05, 3.63) is 88.5 Å². The zero-order valence-corrected chi connectivity index (χ0v) is 13.6. The molecule has 1 heterocycles. The first-order valence-electron chi connectivity index (χ1n) is 7.98. The number of halogens is 1. The minimum Gasteiger partial charge on any atom is -0.306 e. The molecule has 0 saturated heterocycles. The number of H-pyrrole nitrogens is 1. The molecule has 0 spiro atoms. The van der Waals surface area contributed by atoms with Crippen LogP contribution in [0.15, 0.2) is 71.5 Å². The Labute approximate surface area is 143 Å². The number of nitrogens with one attached hydrogen (secondary N) is 1. The van der Waals surface area contributed by atoms with E-state index in [4.69, 9.17) is 0 Å². The molecule has 0 aliphatic rings. The number of aryl methyl sites for hydroxylation is 1. The minimum absolute atomic E-state index is 0.154. The SMILES string of the molecule is Cc1cc(F)ccc1-c1ccc(-c2nc3ccccc3c(=O)[nH]2)cc1. The van der Waals surface area contributed by atoms with Crippen LogP contribution in [0.4, 0.5) is 4.39 Å². The number of hydrogen-bond donors (Lipinski definition) is 1. The van der Waals surface area contributed by atoms with Crippen molar-refractivity contribution in [1.29, 1.82) is 0 Å². The van der Waals surface area contributed by atoms with Crippen LogP contribution in [0.25, 0.3) is 33.4 Å². The molecule has 122 valence electrons. The number of benzene rings is 3. The van der Waals surface area contributed by atoms with Gasteiger partial charge in [-0.25, -0.2) is 9.37 Å². The Morgan fingerprint density at radius 1 is 0.920 bits per heavy atom. The van der Waals surface area contributed by atoms with Crippen molar-refractivity contribution in [3.8, 4) is 22.5 Å². The molecule has 4 aromatic rings. The van der Waals surface area contributed by atoms with Crippen LogP contribution in [0.2, 0.25) is 0 Å². The number of hydrogen-bond acceptors (Lipinski definition) is 2. The van der Waals surface area contributed by atoms with Crippen molar-refractivity contribution < 1.29 is 4.39 Å². The smallest absolute Gasteiger partial charge is 0.259 e. The number of rotatable bonds is 2. The maximum Gasteiger partial charge on any atom is 0.259 e. The van der Waals surface area contributed by atoms with E-state index in [1.165, 1.54) is 12.1 Å². The Balaban J connectivity index is 1.77. The van der Waals surface area contributed by atoms with Crippen LogP contribution in [0.5, 0.6) is 0 Å². The summed E-state index contributed by atoms with van der Waals surface area (Å²) in [7, 11) is 0. The average Bonchev–Trinajstić information content (AvgIpc) is 2.62. The number of fused-ring (bicyclic) bond motifs is 1. The molecule has 0 bridgehead atoms. The standard InChI is InChI=1S/C21H15FN2O/c1-13-12-16(22)10-11-17(13)14-6-8-15(9-7-14)20-23-19-5-3-2-4-18(19)21(25)24-20/h2-12H,1H3,(H,23,24,25). The lowest BCUT2D eigenvalue weighted by Gasteiger charge is -2.08. The van der Waals surface area contributed by atoms with E-state index in [0.29, 0.717) is 16.7 Å². The second-order valence-corrected chi connectivity index (χ2v) is 5.97. The van der Waals surface area contributed by atoms with Crippen LogP contribution < -0.4 is 5.56 Å². The Kier molecular flexibility index (Phi) is 3.65. The van der Waals surface area contributed by atoms with Crippen molar-refractivity contribution in [2.24, 2.45) is 0 Å². The average molecular weight is 330 g/mol. The van der Waals surface area contributed by atoms with Gasteiger partial charge in [0.25, 0.3) is 5.56 Å². The van der Waals surface area contributed by atoms with E-state index in [0.717, 1.165) is 22.3 Å². The van der Waals surface area contributed by atoms with Gasteiger partial charge in [-0.3, -0.25) is 4.79 Å². The summed E-state index contributed by atoms with van der Waals surface area (Å²) in [6.07, 6.45) is 0. The normalized spacial score (nSPS) is 11.0. The quantitative estimate of drug-likeness (QED) is 0.579. The van der Waals surface area contributed by atoms with Crippen molar-refractivity contribution in [3.63, 3.8) is 0 Å². The first-order chi connectivity index (χ1) is 12.1. The third-order valence-electron chi connectivity index (χ3n) is 4.27. The number of para-hydroxylation sites is 1. The Hall–Kier alpha value is -3.27. The fourth-order valence-corrected chi connectivity index (χ4v) is 2.98. The summed E-state index contributed by atoms with van der Waals surface area (Å²) in [4.78, 5) is 19.6. The van der Waals surface area contributed by atoms with E-state index in [2.05, 4.69) is 9.97 Å². The van der Waals surface area contributed by atoms with Gasteiger partial charge < -0.3 is 4.98 Å². The lowest BCUT2D eigenvalue weighted by atomic mass is 9.99. The maximum absolute atomic E-state index is 13.3. The lowest BCUT2D eigenvalue weighted by Crippen LogP contribution is -2.09. The minimum atomic E-state index is -0.240. The van der Waals surface area contributed by atoms with Gasteiger partial charge in [-0.15, -0.1) is 0 Å². The van der Waals surface area contributed by atoms with Crippen LogP contribution >= 0.6 is 0 Å². The fraction of sp³-hybridized carbons (Fsp3) is 0.0476.